The van der Waals surface area contributed by atoms with Crippen molar-refractivity contribution in [2.24, 2.45) is 17.9 Å². The lowest BCUT2D eigenvalue weighted by molar-refractivity contribution is 0.318. The zero-order chi connectivity index (χ0) is 14.5. The Balaban J connectivity index is 2.13. The number of thioether (sulfide) groups is 1. The molecule has 0 saturated heterocycles. The predicted molar refractivity (Wildman–Crippen MR) is 78.3 cm³/mol. The first-order chi connectivity index (χ1) is 9.63. The van der Waals surface area contributed by atoms with E-state index in [1.807, 2.05) is 31.6 Å². The number of nitrogens with two attached hydrogens (primary N) is 1. The van der Waals surface area contributed by atoms with E-state index >= 15 is 0 Å². The van der Waals surface area contributed by atoms with Crippen LogP contribution in [0.25, 0.3) is 0 Å². The number of hydrogen-bond acceptors (Lipinski definition) is 5. The number of rotatable bonds is 5. The van der Waals surface area contributed by atoms with Gasteiger partial charge in [0, 0.05) is 23.9 Å². The average molecular weight is 292 g/mol. The predicted octanol–water partition coefficient (Wildman–Crippen LogP) is 1.82. The van der Waals surface area contributed by atoms with E-state index in [-0.39, 0.29) is 5.84 Å². The Hall–Kier alpha value is -2.15. The first kappa shape index (κ1) is 14.3. The van der Waals surface area contributed by atoms with Crippen LogP contribution in [0.5, 0.6) is 5.75 Å². The number of nitrogens with zero attached hydrogens (tertiary/aromatic N) is 3. The van der Waals surface area contributed by atoms with Gasteiger partial charge in [-0.05, 0) is 17.7 Å². The van der Waals surface area contributed by atoms with Crippen LogP contribution < -0.4 is 10.5 Å². The van der Waals surface area contributed by atoms with Crippen molar-refractivity contribution in [2.75, 3.05) is 7.11 Å². The summed E-state index contributed by atoms with van der Waals surface area (Å²) in [7, 11) is 3.44. The Morgan fingerprint density at radius 1 is 1.55 bits per heavy atom. The first-order valence-electron chi connectivity index (χ1n) is 5.90. The maximum Gasteiger partial charge on any atom is 0.173 e. The fourth-order valence-corrected chi connectivity index (χ4v) is 2.59. The van der Waals surface area contributed by atoms with Gasteiger partial charge in [0.1, 0.15) is 5.75 Å². The van der Waals surface area contributed by atoms with E-state index < -0.39 is 0 Å². The van der Waals surface area contributed by atoms with Crippen LogP contribution in [0.1, 0.15) is 11.1 Å². The second-order valence-electron chi connectivity index (χ2n) is 4.16. The highest BCUT2D eigenvalue weighted by Gasteiger charge is 2.09. The van der Waals surface area contributed by atoms with Crippen LogP contribution in [-0.2, 0) is 12.8 Å². The van der Waals surface area contributed by atoms with Gasteiger partial charge in [-0.15, -0.1) is 11.8 Å². The van der Waals surface area contributed by atoms with Gasteiger partial charge >= 0.3 is 0 Å². The Morgan fingerprint density at radius 2 is 2.35 bits per heavy atom. The van der Waals surface area contributed by atoms with Gasteiger partial charge in [-0.2, -0.15) is 5.10 Å². The highest BCUT2D eigenvalue weighted by atomic mass is 32.2. The van der Waals surface area contributed by atoms with Crippen molar-refractivity contribution in [2.45, 2.75) is 10.6 Å². The minimum atomic E-state index is 0.0355. The number of oxime groups is 1. The summed E-state index contributed by atoms with van der Waals surface area (Å²) in [6.07, 6.45) is 3.79. The van der Waals surface area contributed by atoms with E-state index in [0.717, 1.165) is 16.2 Å². The molecule has 7 heteroatoms. The molecular formula is C13H16N4O2S. The van der Waals surface area contributed by atoms with E-state index in [0.29, 0.717) is 11.3 Å². The van der Waals surface area contributed by atoms with Crippen molar-refractivity contribution in [1.29, 1.82) is 0 Å². The van der Waals surface area contributed by atoms with Crippen LogP contribution in [-0.4, -0.2) is 27.9 Å². The van der Waals surface area contributed by atoms with Crippen LogP contribution in [0, 0.1) is 0 Å². The summed E-state index contributed by atoms with van der Waals surface area (Å²) in [6, 6.07) is 5.60. The van der Waals surface area contributed by atoms with E-state index in [4.69, 9.17) is 15.7 Å². The molecule has 0 spiro atoms. The molecule has 1 heterocycles. The molecule has 2 rings (SSSR count). The van der Waals surface area contributed by atoms with Gasteiger partial charge in [0.15, 0.2) is 5.84 Å². The Labute approximate surface area is 121 Å². The van der Waals surface area contributed by atoms with Gasteiger partial charge in [-0.3, -0.25) is 4.68 Å². The zero-order valence-corrected chi connectivity index (χ0v) is 12.1. The molecule has 2 aromatic rings. The van der Waals surface area contributed by atoms with Gasteiger partial charge in [-0.1, -0.05) is 11.2 Å². The second-order valence-corrected chi connectivity index (χ2v) is 5.21. The fourth-order valence-electron chi connectivity index (χ4n) is 1.73. The molecule has 20 heavy (non-hydrogen) atoms. The number of hydrogen-bond donors (Lipinski definition) is 2. The summed E-state index contributed by atoms with van der Waals surface area (Å²) >= 11 is 1.68. The molecule has 1 aromatic carbocycles. The third kappa shape index (κ3) is 3.24. The number of ether oxygens (including phenoxy) is 1. The smallest absolute Gasteiger partial charge is 0.173 e. The molecule has 0 amide bonds. The minimum Gasteiger partial charge on any atom is -0.496 e. The van der Waals surface area contributed by atoms with Crippen molar-refractivity contribution in [1.82, 2.24) is 9.78 Å². The standard InChI is InChI=1S/C13H16N4O2S/c1-17-7-10(6-15-17)20-8-9-3-4-11(13(14)16-18)12(5-9)19-2/h3-7,18H,8H2,1-2H3,(H2,14,16). The summed E-state index contributed by atoms with van der Waals surface area (Å²) in [5.74, 6) is 1.41. The molecule has 0 fully saturated rings. The molecule has 0 radical (unpaired) electrons. The van der Waals surface area contributed by atoms with E-state index in [2.05, 4.69) is 10.3 Å². The van der Waals surface area contributed by atoms with Crippen molar-refractivity contribution < 1.29 is 9.94 Å². The second kappa shape index (κ2) is 6.33. The van der Waals surface area contributed by atoms with Crippen molar-refractivity contribution in [3.8, 4) is 5.75 Å². The van der Waals surface area contributed by atoms with Crippen LogP contribution in [0.3, 0.4) is 0 Å². The molecule has 0 atom stereocenters. The molecule has 3 N–H and O–H groups in total. The van der Waals surface area contributed by atoms with Gasteiger partial charge in [-0.25, -0.2) is 0 Å². The number of aryl methyl sites for hydroxylation is 1. The maximum absolute atomic E-state index is 8.73. The van der Waals surface area contributed by atoms with Crippen LogP contribution >= 0.6 is 11.8 Å². The zero-order valence-electron chi connectivity index (χ0n) is 11.3. The lowest BCUT2D eigenvalue weighted by Gasteiger charge is -2.09. The Bertz CT molecular complexity index is 625. The first-order valence-corrected chi connectivity index (χ1v) is 6.89. The molecule has 0 saturated carbocycles. The molecule has 6 nitrogen and oxygen atoms in total. The average Bonchev–Trinajstić information content (AvgIpc) is 2.89. The topological polar surface area (TPSA) is 85.7 Å². The molecule has 0 aliphatic heterocycles. The third-order valence-corrected chi connectivity index (χ3v) is 3.76. The fraction of sp³-hybridized carbons (Fsp3) is 0.231. The number of methoxy groups -OCH3 is 1. The van der Waals surface area contributed by atoms with Gasteiger partial charge in [0.2, 0.25) is 0 Å². The monoisotopic (exact) mass is 292 g/mol. The van der Waals surface area contributed by atoms with Crippen LogP contribution in [0.15, 0.2) is 40.6 Å². The minimum absolute atomic E-state index is 0.0355. The number of amidine groups is 1. The number of aromatic nitrogens is 2. The molecule has 0 bridgehead atoms. The summed E-state index contributed by atoms with van der Waals surface area (Å²) in [5.41, 5.74) is 7.25. The molecule has 0 unspecified atom stereocenters. The lowest BCUT2D eigenvalue weighted by Crippen LogP contribution is -2.14. The van der Waals surface area contributed by atoms with Crippen LogP contribution in [0.4, 0.5) is 0 Å². The lowest BCUT2D eigenvalue weighted by atomic mass is 10.1. The quantitative estimate of drug-likeness (QED) is 0.289. The van der Waals surface area contributed by atoms with E-state index in [1.54, 1.807) is 29.6 Å². The van der Waals surface area contributed by atoms with E-state index in [1.165, 1.54) is 0 Å². The third-order valence-electron chi connectivity index (χ3n) is 2.74. The molecule has 106 valence electrons. The molecular weight excluding hydrogens is 276 g/mol. The maximum atomic E-state index is 8.73. The van der Waals surface area contributed by atoms with Crippen molar-refractivity contribution in [3.05, 3.63) is 41.7 Å². The molecule has 1 aromatic heterocycles. The number of benzene rings is 1. The van der Waals surface area contributed by atoms with Gasteiger partial charge in [0.05, 0.1) is 18.9 Å². The molecule has 0 aliphatic rings. The summed E-state index contributed by atoms with van der Waals surface area (Å²) in [6.45, 7) is 0. The largest absolute Gasteiger partial charge is 0.496 e. The molecule has 0 aliphatic carbocycles. The summed E-state index contributed by atoms with van der Waals surface area (Å²) < 4.78 is 7.04. The van der Waals surface area contributed by atoms with Gasteiger partial charge < -0.3 is 15.7 Å². The Morgan fingerprint density at radius 3 is 2.95 bits per heavy atom. The van der Waals surface area contributed by atoms with Gasteiger partial charge in [0.25, 0.3) is 0 Å². The Kier molecular flexibility index (Phi) is 4.52. The van der Waals surface area contributed by atoms with Crippen LogP contribution in [0.2, 0.25) is 0 Å². The van der Waals surface area contributed by atoms with E-state index in [9.17, 15) is 0 Å². The normalized spacial score (nSPS) is 11.6. The SMILES string of the molecule is COc1cc(CSc2cnn(C)c2)ccc1/C(N)=N/O. The van der Waals surface area contributed by atoms with Crippen molar-refractivity contribution >= 4 is 17.6 Å². The van der Waals surface area contributed by atoms with Crippen molar-refractivity contribution in [3.63, 3.8) is 0 Å². The highest BCUT2D eigenvalue weighted by molar-refractivity contribution is 7.98. The summed E-state index contributed by atoms with van der Waals surface area (Å²) in [5, 5.41) is 15.8. The summed E-state index contributed by atoms with van der Waals surface area (Å²) in [4.78, 5) is 1.10. The highest BCUT2D eigenvalue weighted by Crippen LogP contribution is 2.26.